The quantitative estimate of drug-likeness (QED) is 0.201. The number of carbonyl (C=O) groups excluding carboxylic acids is 7. The number of hydrogen-bond acceptors (Lipinski definition) is 8. The molecule has 4 N–H and O–H groups in total. The topological polar surface area (TPSA) is 183 Å². The summed E-state index contributed by atoms with van der Waals surface area (Å²) in [5, 5.41) is 10.4. The second kappa shape index (κ2) is 17.3. The molecule has 2 fully saturated rings. The Morgan fingerprint density at radius 1 is 0.907 bits per heavy atom. The lowest BCUT2D eigenvalue weighted by Gasteiger charge is -2.37. The first-order valence-corrected chi connectivity index (χ1v) is 18.4. The molecule has 54 heavy (non-hydrogen) atoms. The Hall–Kier alpha value is -5.27. The number of rotatable bonds is 15. The van der Waals surface area contributed by atoms with Gasteiger partial charge < -0.3 is 35.8 Å². The second-order valence-electron chi connectivity index (χ2n) is 15.9. The van der Waals surface area contributed by atoms with Gasteiger partial charge in [0.25, 0.3) is 5.91 Å². The van der Waals surface area contributed by atoms with Crippen LogP contribution in [-0.4, -0.2) is 96.5 Å². The number of piperidine rings is 1. The molecule has 0 radical (unpaired) electrons. The lowest BCUT2D eigenvalue weighted by molar-refractivity contribution is -0.145. The van der Waals surface area contributed by atoms with Crippen molar-refractivity contribution in [2.45, 2.75) is 85.0 Å². The minimum Gasteiger partial charge on any atom is -0.410 e. The fourth-order valence-electron chi connectivity index (χ4n) is 7.11. The van der Waals surface area contributed by atoms with Gasteiger partial charge in [-0.15, -0.1) is 0 Å². The molecule has 2 aliphatic rings. The Kier molecular flexibility index (Phi) is 13.3. The van der Waals surface area contributed by atoms with Crippen LogP contribution in [0.4, 0.5) is 4.79 Å². The number of ether oxygens (including phenoxy) is 1. The number of Topliss-reactive ketones (excluding diaryl/α,β-unsaturated/α-hetero) is 1. The average Bonchev–Trinajstić information content (AvgIpc) is 3.43. The highest BCUT2D eigenvalue weighted by Crippen LogP contribution is 2.65. The molecular formula is C40H54N6O8. The fourth-order valence-corrected chi connectivity index (χ4v) is 7.11. The predicted octanol–water partition coefficient (Wildman–Crippen LogP) is 2.98. The van der Waals surface area contributed by atoms with Crippen LogP contribution in [0.2, 0.25) is 0 Å². The largest absolute Gasteiger partial charge is 0.413 e. The lowest BCUT2D eigenvalue weighted by Crippen LogP contribution is -2.60. The van der Waals surface area contributed by atoms with Crippen LogP contribution in [0.25, 0.3) is 0 Å². The number of nitrogens with one attached hydrogen (secondary N) is 4. The highest BCUT2D eigenvalue weighted by molar-refractivity contribution is 6.38. The van der Waals surface area contributed by atoms with Crippen molar-refractivity contribution in [2.24, 2.45) is 22.7 Å². The Morgan fingerprint density at radius 2 is 1.52 bits per heavy atom. The van der Waals surface area contributed by atoms with Crippen molar-refractivity contribution < 1.29 is 38.3 Å². The van der Waals surface area contributed by atoms with Gasteiger partial charge in [0.2, 0.25) is 29.4 Å². The summed E-state index contributed by atoms with van der Waals surface area (Å²) in [7, 11) is 3.12. The van der Waals surface area contributed by atoms with Crippen molar-refractivity contribution in [1.82, 2.24) is 31.1 Å². The van der Waals surface area contributed by atoms with Gasteiger partial charge in [0.05, 0.1) is 12.6 Å². The molecule has 2 aromatic rings. The third-order valence-electron chi connectivity index (χ3n) is 10.3. The zero-order valence-corrected chi connectivity index (χ0v) is 32.4. The van der Waals surface area contributed by atoms with E-state index < -0.39 is 71.6 Å². The molecule has 0 spiro atoms. The molecule has 1 saturated carbocycles. The number of carbonyl (C=O) groups is 7. The molecule has 14 heteroatoms. The molecule has 292 valence electrons. The van der Waals surface area contributed by atoms with E-state index in [1.165, 1.54) is 9.80 Å². The molecule has 0 bridgehead atoms. The minimum absolute atomic E-state index is 0.0137. The maximum Gasteiger partial charge on any atom is 0.413 e. The molecule has 0 aromatic heterocycles. The fraction of sp³-hybridized carbons (Fsp3) is 0.525. The van der Waals surface area contributed by atoms with Gasteiger partial charge in [0, 0.05) is 20.6 Å². The summed E-state index contributed by atoms with van der Waals surface area (Å²) < 4.78 is 5.41. The molecule has 1 heterocycles. The van der Waals surface area contributed by atoms with Crippen LogP contribution in [-0.2, 0) is 28.8 Å². The molecule has 1 saturated heterocycles. The van der Waals surface area contributed by atoms with E-state index in [0.29, 0.717) is 24.2 Å². The van der Waals surface area contributed by atoms with Crippen LogP contribution in [0.15, 0.2) is 60.7 Å². The van der Waals surface area contributed by atoms with E-state index in [1.807, 2.05) is 20.8 Å². The Morgan fingerprint density at radius 3 is 2.09 bits per heavy atom. The van der Waals surface area contributed by atoms with Crippen LogP contribution >= 0.6 is 0 Å². The van der Waals surface area contributed by atoms with Gasteiger partial charge in [-0.2, -0.15) is 0 Å². The minimum atomic E-state index is -1.22. The number of ketones is 1. The lowest BCUT2D eigenvalue weighted by atomic mass is 9.85. The summed E-state index contributed by atoms with van der Waals surface area (Å²) in [5.74, 6) is -4.00. The van der Waals surface area contributed by atoms with Crippen LogP contribution in [0.3, 0.4) is 0 Å². The molecular weight excluding hydrogens is 692 g/mol. The second-order valence-corrected chi connectivity index (χ2v) is 15.9. The average molecular weight is 747 g/mol. The van der Waals surface area contributed by atoms with Crippen LogP contribution < -0.4 is 26.0 Å². The number of nitrogens with zero attached hydrogens (tertiary/aromatic N) is 2. The molecule has 6 atom stereocenters. The van der Waals surface area contributed by atoms with E-state index in [1.54, 1.807) is 95.5 Å². The van der Waals surface area contributed by atoms with Crippen molar-refractivity contribution in [1.29, 1.82) is 0 Å². The first-order chi connectivity index (χ1) is 25.4. The maximum absolute atomic E-state index is 14.3. The van der Waals surface area contributed by atoms with Crippen molar-refractivity contribution in [2.75, 3.05) is 27.2 Å². The smallest absolute Gasteiger partial charge is 0.410 e. The monoisotopic (exact) mass is 746 g/mol. The number of fused-ring (bicyclic) bond motifs is 1. The molecule has 6 unspecified atom stereocenters. The highest BCUT2D eigenvalue weighted by Gasteiger charge is 2.70. The van der Waals surface area contributed by atoms with E-state index in [0.717, 1.165) is 0 Å². The number of para-hydroxylation sites is 1. The highest BCUT2D eigenvalue weighted by atomic mass is 16.6. The number of unbranched alkanes of at least 4 members (excludes halogenated alkanes) is 1. The van der Waals surface area contributed by atoms with E-state index >= 15 is 0 Å². The molecule has 1 aliphatic carbocycles. The maximum atomic E-state index is 14.3. The number of likely N-dealkylation sites (tertiary alicyclic amines) is 1. The zero-order valence-electron chi connectivity index (χ0n) is 32.4. The van der Waals surface area contributed by atoms with Gasteiger partial charge >= 0.3 is 6.09 Å². The summed E-state index contributed by atoms with van der Waals surface area (Å²) in [5.41, 5.74) is -0.470. The van der Waals surface area contributed by atoms with E-state index in [4.69, 9.17) is 4.74 Å². The predicted molar refractivity (Wildman–Crippen MR) is 201 cm³/mol. The third-order valence-corrected chi connectivity index (χ3v) is 10.3. The van der Waals surface area contributed by atoms with Crippen LogP contribution in [0.1, 0.15) is 72.4 Å². The first-order valence-electron chi connectivity index (χ1n) is 18.4. The molecule has 2 aromatic carbocycles. The molecule has 6 amide bonds. The standard InChI is InChI=1S/C40H54N6O8/c1-9-10-21-27(32(48)35(50)41-22-28(47)43-30(36(51)45(7)8)24-17-13-11-14-18-24)42-34(49)31-29-26(40(29,5)6)23-46(31)37(52)33(39(2,3)4)44-38(53)54-25-19-15-12-16-20-25/h11-20,26-27,29-31,33H,9-10,21-23H2,1-8H3,(H,41,50)(H,42,49)(H,43,47)(H,44,53). The Balaban J connectivity index is 1.46. The Labute approximate surface area is 317 Å². The van der Waals surface area contributed by atoms with E-state index in [9.17, 15) is 33.6 Å². The van der Waals surface area contributed by atoms with Crippen molar-refractivity contribution in [3.05, 3.63) is 66.2 Å². The number of hydrogen-bond donors (Lipinski definition) is 4. The van der Waals surface area contributed by atoms with Crippen molar-refractivity contribution in [3.8, 4) is 5.75 Å². The zero-order chi connectivity index (χ0) is 40.0. The molecule has 4 rings (SSSR count). The molecule has 14 nitrogen and oxygen atoms in total. The molecule has 1 aliphatic heterocycles. The summed E-state index contributed by atoms with van der Waals surface area (Å²) in [4.78, 5) is 96.6. The van der Waals surface area contributed by atoms with Crippen LogP contribution in [0, 0.1) is 22.7 Å². The third kappa shape index (κ3) is 9.83. The van der Waals surface area contributed by atoms with Crippen molar-refractivity contribution >= 4 is 41.4 Å². The summed E-state index contributed by atoms with van der Waals surface area (Å²) in [6, 6.07) is 12.8. The van der Waals surface area contributed by atoms with E-state index in [-0.39, 0.29) is 36.1 Å². The number of likely N-dealkylation sites (N-methyl/N-ethyl adjacent to an activating group) is 1. The van der Waals surface area contributed by atoms with Crippen LogP contribution in [0.5, 0.6) is 5.75 Å². The number of amides is 6. The van der Waals surface area contributed by atoms with Gasteiger partial charge in [-0.05, 0) is 46.8 Å². The van der Waals surface area contributed by atoms with E-state index in [2.05, 4.69) is 21.3 Å². The normalized spacial score (nSPS) is 19.9. The summed E-state index contributed by atoms with van der Waals surface area (Å²) in [6.07, 6.45) is 0.531. The van der Waals surface area contributed by atoms with Gasteiger partial charge in [0.15, 0.2) is 0 Å². The van der Waals surface area contributed by atoms with Gasteiger partial charge in [-0.25, -0.2) is 4.79 Å². The van der Waals surface area contributed by atoms with Gasteiger partial charge in [0.1, 0.15) is 23.9 Å². The van der Waals surface area contributed by atoms with Gasteiger partial charge in [-0.3, -0.25) is 28.8 Å². The summed E-state index contributed by atoms with van der Waals surface area (Å²) in [6.45, 7) is 11.0. The number of benzene rings is 2. The van der Waals surface area contributed by atoms with Crippen molar-refractivity contribution in [3.63, 3.8) is 0 Å². The van der Waals surface area contributed by atoms with Gasteiger partial charge in [-0.1, -0.05) is 103 Å². The SMILES string of the molecule is CCCCC(NC(=O)C1C2C(CN1C(=O)C(NC(=O)Oc1ccccc1)C(C)(C)C)C2(C)C)C(=O)C(=O)NCC(=O)NC(C(=O)N(C)C)c1ccccc1. The first kappa shape index (κ1) is 41.5. The summed E-state index contributed by atoms with van der Waals surface area (Å²) >= 11 is 0. The Bertz CT molecular complexity index is 1710.